The van der Waals surface area contributed by atoms with Gasteiger partial charge in [0.2, 0.25) is 10.0 Å². The molecule has 0 aliphatic heterocycles. The van der Waals surface area contributed by atoms with Crippen LogP contribution in [0.15, 0.2) is 40.2 Å². The highest BCUT2D eigenvalue weighted by Gasteiger charge is 2.29. The first-order chi connectivity index (χ1) is 12.0. The Morgan fingerprint density at radius 2 is 2.16 bits per heavy atom. The van der Waals surface area contributed by atoms with Crippen LogP contribution in [0, 0.1) is 6.92 Å². The lowest BCUT2D eigenvalue weighted by Crippen LogP contribution is -2.15. The molecule has 0 atom stereocenters. The minimum atomic E-state index is -3.54. The standard InChI is InChI=1S/C17H17N3O3S2/c1-11-3-2-4-12(9-11)10-25(21,22)20-14-7-8-24-15(14)17-18-16(19-23-17)13-5-6-13/h2-4,7-9,13,20H,5-6,10H2,1H3. The summed E-state index contributed by atoms with van der Waals surface area (Å²) in [6.07, 6.45) is 2.17. The van der Waals surface area contributed by atoms with Crippen LogP contribution in [-0.2, 0) is 15.8 Å². The van der Waals surface area contributed by atoms with Gasteiger partial charge in [-0.3, -0.25) is 4.72 Å². The summed E-state index contributed by atoms with van der Waals surface area (Å²) < 4.78 is 33.0. The zero-order valence-electron chi connectivity index (χ0n) is 13.6. The van der Waals surface area contributed by atoms with Crippen molar-refractivity contribution in [3.63, 3.8) is 0 Å². The molecule has 2 aromatic heterocycles. The van der Waals surface area contributed by atoms with Crippen molar-refractivity contribution in [2.45, 2.75) is 31.4 Å². The Morgan fingerprint density at radius 3 is 2.92 bits per heavy atom. The lowest BCUT2D eigenvalue weighted by atomic mass is 10.2. The van der Waals surface area contributed by atoms with Gasteiger partial charge in [0.15, 0.2) is 5.82 Å². The molecular weight excluding hydrogens is 358 g/mol. The minimum absolute atomic E-state index is 0.0822. The van der Waals surface area contributed by atoms with E-state index < -0.39 is 10.0 Å². The van der Waals surface area contributed by atoms with Gasteiger partial charge in [0.05, 0.1) is 11.4 Å². The molecule has 1 aliphatic rings. The maximum absolute atomic E-state index is 12.5. The third-order valence-electron chi connectivity index (χ3n) is 3.95. The fourth-order valence-electron chi connectivity index (χ4n) is 2.61. The van der Waals surface area contributed by atoms with Crippen LogP contribution in [0.2, 0.25) is 0 Å². The molecule has 1 fully saturated rings. The number of nitrogens with zero attached hydrogens (tertiary/aromatic N) is 2. The van der Waals surface area contributed by atoms with E-state index in [0.29, 0.717) is 28.2 Å². The molecule has 1 N–H and O–H groups in total. The first-order valence-electron chi connectivity index (χ1n) is 7.98. The molecule has 0 bridgehead atoms. The number of hydrogen-bond donors (Lipinski definition) is 1. The van der Waals surface area contributed by atoms with Crippen LogP contribution in [0.25, 0.3) is 10.8 Å². The molecule has 1 aromatic carbocycles. The minimum Gasteiger partial charge on any atom is -0.333 e. The summed E-state index contributed by atoms with van der Waals surface area (Å²) in [5.74, 6) is 1.38. The Kier molecular flexibility index (Phi) is 4.09. The van der Waals surface area contributed by atoms with Gasteiger partial charge in [0.1, 0.15) is 4.88 Å². The molecule has 0 unspecified atom stereocenters. The molecule has 3 aromatic rings. The van der Waals surface area contributed by atoms with Crippen LogP contribution in [0.4, 0.5) is 5.69 Å². The van der Waals surface area contributed by atoms with Crippen molar-refractivity contribution in [3.05, 3.63) is 52.7 Å². The average molecular weight is 375 g/mol. The van der Waals surface area contributed by atoms with E-state index in [1.807, 2.05) is 25.1 Å². The van der Waals surface area contributed by atoms with Crippen molar-refractivity contribution >= 4 is 27.0 Å². The van der Waals surface area contributed by atoms with E-state index in [1.165, 1.54) is 11.3 Å². The van der Waals surface area contributed by atoms with Crippen molar-refractivity contribution in [2.75, 3.05) is 4.72 Å². The second kappa shape index (κ2) is 6.27. The molecule has 4 rings (SSSR count). The second-order valence-electron chi connectivity index (χ2n) is 6.25. The summed E-state index contributed by atoms with van der Waals surface area (Å²) >= 11 is 1.37. The zero-order chi connectivity index (χ0) is 17.4. The predicted molar refractivity (Wildman–Crippen MR) is 97.0 cm³/mol. The van der Waals surface area contributed by atoms with Gasteiger partial charge in [-0.05, 0) is 36.8 Å². The molecule has 25 heavy (non-hydrogen) atoms. The molecule has 130 valence electrons. The molecule has 2 heterocycles. The van der Waals surface area contributed by atoms with Crippen LogP contribution in [0.3, 0.4) is 0 Å². The van der Waals surface area contributed by atoms with Gasteiger partial charge in [0, 0.05) is 5.92 Å². The van der Waals surface area contributed by atoms with Crippen LogP contribution in [0.5, 0.6) is 0 Å². The quantitative estimate of drug-likeness (QED) is 0.706. The normalized spacial score (nSPS) is 14.6. The van der Waals surface area contributed by atoms with E-state index >= 15 is 0 Å². The number of nitrogens with one attached hydrogen (secondary N) is 1. The molecule has 1 saturated carbocycles. The van der Waals surface area contributed by atoms with E-state index in [4.69, 9.17) is 4.52 Å². The summed E-state index contributed by atoms with van der Waals surface area (Å²) in [5.41, 5.74) is 2.25. The van der Waals surface area contributed by atoms with Crippen LogP contribution in [-0.4, -0.2) is 18.6 Å². The molecule has 6 nitrogen and oxygen atoms in total. The van der Waals surface area contributed by atoms with E-state index in [2.05, 4.69) is 14.9 Å². The fourth-order valence-corrected chi connectivity index (χ4v) is 4.64. The highest BCUT2D eigenvalue weighted by atomic mass is 32.2. The van der Waals surface area contributed by atoms with E-state index in [-0.39, 0.29) is 5.75 Å². The Hall–Kier alpha value is -2.19. The topological polar surface area (TPSA) is 85.1 Å². The number of anilines is 1. The van der Waals surface area contributed by atoms with Crippen molar-refractivity contribution in [1.82, 2.24) is 10.1 Å². The van der Waals surface area contributed by atoms with Gasteiger partial charge in [0.25, 0.3) is 5.89 Å². The number of aryl methyl sites for hydroxylation is 1. The summed E-state index contributed by atoms with van der Waals surface area (Å²) in [6.45, 7) is 1.94. The summed E-state index contributed by atoms with van der Waals surface area (Å²) in [6, 6.07) is 9.19. The Morgan fingerprint density at radius 1 is 1.32 bits per heavy atom. The van der Waals surface area contributed by atoms with E-state index in [0.717, 1.165) is 24.0 Å². The summed E-state index contributed by atoms with van der Waals surface area (Å²) in [7, 11) is -3.54. The Bertz CT molecular complexity index is 1000. The molecule has 0 saturated heterocycles. The first kappa shape index (κ1) is 16.3. The smallest absolute Gasteiger partial charge is 0.270 e. The van der Waals surface area contributed by atoms with E-state index in [1.54, 1.807) is 17.5 Å². The highest BCUT2D eigenvalue weighted by molar-refractivity contribution is 7.92. The van der Waals surface area contributed by atoms with E-state index in [9.17, 15) is 8.42 Å². The average Bonchev–Trinajstić information content (AvgIpc) is 3.10. The maximum Gasteiger partial charge on any atom is 0.270 e. The van der Waals surface area contributed by atoms with Crippen LogP contribution < -0.4 is 4.72 Å². The molecule has 0 amide bonds. The number of thiophene rings is 1. The highest BCUT2D eigenvalue weighted by Crippen LogP contribution is 2.40. The Balaban J connectivity index is 1.55. The third-order valence-corrected chi connectivity index (χ3v) is 6.10. The molecular formula is C17H17N3O3S2. The van der Waals surface area contributed by atoms with Crippen molar-refractivity contribution in [2.24, 2.45) is 0 Å². The van der Waals surface area contributed by atoms with Gasteiger partial charge in [-0.15, -0.1) is 11.3 Å². The lowest BCUT2D eigenvalue weighted by molar-refractivity contribution is 0.423. The Labute approximate surface area is 150 Å². The number of sulfonamides is 1. The maximum atomic E-state index is 12.5. The zero-order valence-corrected chi connectivity index (χ0v) is 15.2. The van der Waals surface area contributed by atoms with Gasteiger partial charge < -0.3 is 4.52 Å². The van der Waals surface area contributed by atoms with Crippen LogP contribution in [0.1, 0.15) is 35.7 Å². The first-order valence-corrected chi connectivity index (χ1v) is 10.5. The molecule has 0 spiro atoms. The third kappa shape index (κ3) is 3.74. The van der Waals surface area contributed by atoms with Gasteiger partial charge in [-0.1, -0.05) is 35.0 Å². The SMILES string of the molecule is Cc1cccc(CS(=O)(=O)Nc2ccsc2-c2nc(C3CC3)no2)c1. The molecule has 1 aliphatic carbocycles. The van der Waals surface area contributed by atoms with Gasteiger partial charge in [-0.2, -0.15) is 4.98 Å². The second-order valence-corrected chi connectivity index (χ2v) is 8.88. The van der Waals surface area contributed by atoms with Gasteiger partial charge in [-0.25, -0.2) is 8.42 Å². The van der Waals surface area contributed by atoms with Crippen molar-refractivity contribution in [3.8, 4) is 10.8 Å². The number of aromatic nitrogens is 2. The van der Waals surface area contributed by atoms with Crippen molar-refractivity contribution in [1.29, 1.82) is 0 Å². The lowest BCUT2D eigenvalue weighted by Gasteiger charge is -2.08. The van der Waals surface area contributed by atoms with Gasteiger partial charge >= 0.3 is 0 Å². The largest absolute Gasteiger partial charge is 0.333 e. The summed E-state index contributed by atoms with van der Waals surface area (Å²) in [5, 5.41) is 5.80. The molecule has 0 radical (unpaired) electrons. The van der Waals surface area contributed by atoms with Crippen LogP contribution >= 0.6 is 11.3 Å². The fraction of sp³-hybridized carbons (Fsp3) is 0.294. The summed E-state index contributed by atoms with van der Waals surface area (Å²) in [4.78, 5) is 5.04. The number of hydrogen-bond acceptors (Lipinski definition) is 6. The predicted octanol–water partition coefficient (Wildman–Crippen LogP) is 3.93. The monoisotopic (exact) mass is 375 g/mol. The van der Waals surface area contributed by atoms with Crippen molar-refractivity contribution < 1.29 is 12.9 Å². The number of rotatable bonds is 6. The number of benzene rings is 1. The molecule has 8 heteroatoms.